The summed E-state index contributed by atoms with van der Waals surface area (Å²) in [5.74, 6) is -3.89. The summed E-state index contributed by atoms with van der Waals surface area (Å²) < 4.78 is 178. The zero-order valence-electron chi connectivity index (χ0n) is 37.5. The molecule has 0 radical (unpaired) electrons. The van der Waals surface area contributed by atoms with Gasteiger partial charge in [-0.1, -0.05) is 48.3 Å². The number of carboxylic acid groups (broad SMARTS) is 1. The monoisotopic (exact) mass is 472 g/mol. The highest BCUT2D eigenvalue weighted by Crippen LogP contribution is 2.25. The highest BCUT2D eigenvalue weighted by Gasteiger charge is 2.07. The number of carboxylic acids is 1. The van der Waals surface area contributed by atoms with Crippen molar-refractivity contribution < 1.29 is 54.3 Å². The number of benzene rings is 4. The topological polar surface area (TPSA) is 72.8 Å². The van der Waals surface area contributed by atoms with Crippen LogP contribution >= 0.6 is 11.6 Å². The van der Waals surface area contributed by atoms with Gasteiger partial charge in [0.05, 0.1) is 45.1 Å². The van der Waals surface area contributed by atoms with Gasteiger partial charge in [-0.25, -0.2) is 0 Å². The summed E-state index contributed by atoms with van der Waals surface area (Å²) in [6, 6.07) is -10.4. The minimum atomic E-state index is -3.29. The lowest BCUT2D eigenvalue weighted by Gasteiger charge is -2.06. The van der Waals surface area contributed by atoms with E-state index in [0.29, 0.717) is 0 Å². The van der Waals surface area contributed by atoms with E-state index in [0.717, 1.165) is 0 Å². The highest BCUT2D eigenvalue weighted by molar-refractivity contribution is 6.63. The second-order valence-electron chi connectivity index (χ2n) is 5.44. The van der Waals surface area contributed by atoms with Gasteiger partial charge in [-0.05, 0) is 68.4 Å². The molecule has 0 heterocycles. The van der Waals surface area contributed by atoms with Crippen LogP contribution in [0.4, 0.5) is 0 Å². The fraction of sp³-hybridized carbons (Fsp3) is 0.154. The maximum Gasteiger partial charge on any atom is 0.307 e. The zero-order chi connectivity index (χ0) is 42.1. The maximum atomic E-state index is 11.6. The molecule has 4 aromatic rings. The van der Waals surface area contributed by atoms with Crippen LogP contribution in [0.2, 0.25) is 0 Å². The molecule has 0 atom stereocenters. The van der Waals surface area contributed by atoms with Crippen LogP contribution in [0.25, 0.3) is 21.5 Å². The van der Waals surface area contributed by atoms with Crippen LogP contribution in [0.1, 0.15) is 41.3 Å². The minimum Gasteiger partial charge on any atom is -0.497 e. The van der Waals surface area contributed by atoms with Crippen molar-refractivity contribution in [2.45, 2.75) is 12.7 Å². The molecule has 0 aromatic heterocycles. The Morgan fingerprint density at radius 2 is 1.38 bits per heavy atom. The van der Waals surface area contributed by atoms with Gasteiger partial charge in [0.1, 0.15) is 11.5 Å². The third-order valence-electron chi connectivity index (χ3n) is 3.49. The average Bonchev–Trinajstić information content (AvgIpc) is 3.03. The Bertz CT molecular complexity index is 2090. The van der Waals surface area contributed by atoms with Crippen LogP contribution in [0.3, 0.4) is 0 Å². The van der Waals surface area contributed by atoms with E-state index in [1.807, 2.05) is 0 Å². The van der Waals surface area contributed by atoms with Gasteiger partial charge in [-0.2, -0.15) is 0 Å². The molecule has 0 aliphatic heterocycles. The van der Waals surface area contributed by atoms with Crippen molar-refractivity contribution in [1.29, 1.82) is 0 Å². The molecule has 0 spiro atoms. The SMILES string of the molecule is [2H]c1c([2H])c(C([2H])([2H])C(=O)Cl)c2c([2H])c(OC([2H])([2H])[2H])c([2H])c([2H])c2c1[2H].[2H]c1c([2H])c(C([2H])([2H])C(=O)O)c2c([2H])c(OC([2H])([2H])[2H])c([2H])c([2H])c2c1[2H]. The summed E-state index contributed by atoms with van der Waals surface area (Å²) in [4.78, 5) is 22.9. The first-order valence-electron chi connectivity index (χ1n) is 19.1. The van der Waals surface area contributed by atoms with Crippen molar-refractivity contribution in [2.24, 2.45) is 0 Å². The molecule has 4 rings (SSSR count). The second kappa shape index (κ2) is 10.6. The number of rotatable bonds is 6. The van der Waals surface area contributed by atoms with Gasteiger partial charge in [-0.15, -0.1) is 0 Å². The van der Waals surface area contributed by atoms with Crippen LogP contribution in [-0.4, -0.2) is 30.4 Å². The number of carbonyl (C=O) groups is 2. The van der Waals surface area contributed by atoms with Gasteiger partial charge in [0, 0.05) is 11.9 Å². The molecule has 0 amide bonds. The molecule has 0 saturated heterocycles. The Morgan fingerprint density at radius 1 is 0.875 bits per heavy atom. The van der Waals surface area contributed by atoms with Crippen molar-refractivity contribution >= 4 is 44.4 Å². The standard InChI is InChI=1S/C13H11ClO2.C13H12O3/c2*1-16-11-6-5-9-3-2-4-10(7-13(14)15)12(9)8-11/h2-6,8H,7H2,1H3;2-6,8H,7H2,1H3,(H,14,15)/i2*1D3,2D,3D,4D,5D,6D,7D2,8D. The first kappa shape index (κ1) is 7.78. The number of carbonyl (C=O) groups excluding carboxylic acids is 1. The third kappa shape index (κ3) is 5.77. The lowest BCUT2D eigenvalue weighted by Crippen LogP contribution is -2.00. The van der Waals surface area contributed by atoms with Gasteiger partial charge in [-0.3, -0.25) is 9.59 Å². The molecule has 1 N–H and O–H groups in total. The van der Waals surface area contributed by atoms with Crippen molar-refractivity contribution in [1.82, 2.24) is 0 Å². The normalized spacial score (nSPS) is 21.9. The number of aliphatic carboxylic acids is 1. The number of hydrogen-bond donors (Lipinski definition) is 1. The molecule has 0 aliphatic carbocycles. The highest BCUT2D eigenvalue weighted by atomic mass is 35.5. The zero-order valence-corrected chi connectivity index (χ0v) is 16.2. The molecule has 0 aliphatic rings. The first-order valence-corrected chi connectivity index (χ1v) is 8.52. The van der Waals surface area contributed by atoms with E-state index in [1.165, 1.54) is 0 Å². The summed E-state index contributed by atoms with van der Waals surface area (Å²) in [7, 11) is -6.23. The fourth-order valence-corrected chi connectivity index (χ4v) is 2.37. The van der Waals surface area contributed by atoms with Gasteiger partial charge in [0.2, 0.25) is 5.24 Å². The summed E-state index contributed by atoms with van der Waals surface area (Å²) in [5, 5.41) is 5.06. The van der Waals surface area contributed by atoms with E-state index >= 15 is 0 Å². The number of methoxy groups -OCH3 is 2. The van der Waals surface area contributed by atoms with Crippen molar-refractivity contribution in [2.75, 3.05) is 14.1 Å². The molecule has 164 valence electrons. The third-order valence-corrected chi connectivity index (χ3v) is 3.58. The molecule has 0 bridgehead atoms. The predicted molar refractivity (Wildman–Crippen MR) is 127 cm³/mol. The smallest absolute Gasteiger partial charge is 0.307 e. The number of fused-ring (bicyclic) bond motifs is 2. The van der Waals surface area contributed by atoms with E-state index < -0.39 is 155 Å². The number of halogens is 1. The second-order valence-corrected chi connectivity index (χ2v) is 5.78. The number of hydrogen-bond acceptors (Lipinski definition) is 4. The van der Waals surface area contributed by atoms with E-state index in [-0.39, 0.29) is 0 Å². The quantitative estimate of drug-likeness (QED) is 0.368. The minimum absolute atomic E-state index is 0.555. The maximum absolute atomic E-state index is 11.6. The van der Waals surface area contributed by atoms with Crippen LogP contribution in [-0.2, 0) is 22.3 Å². The van der Waals surface area contributed by atoms with E-state index in [2.05, 4.69) is 9.47 Å². The van der Waals surface area contributed by atoms with Crippen LogP contribution in [0.5, 0.6) is 11.5 Å². The van der Waals surface area contributed by atoms with Crippen molar-refractivity contribution in [3.8, 4) is 11.5 Å². The van der Waals surface area contributed by atoms with Crippen molar-refractivity contribution in [3.63, 3.8) is 0 Å². The Labute approximate surface area is 222 Å². The molecule has 5 nitrogen and oxygen atoms in total. The first-order chi connectivity index (χ1) is 24.2. The summed E-state index contributed by atoms with van der Waals surface area (Å²) in [6.07, 6.45) is -6.37. The number of ether oxygens (including phenoxy) is 2. The van der Waals surface area contributed by atoms with Gasteiger partial charge in [0.15, 0.2) is 0 Å². The Balaban J connectivity index is 0.000000290. The van der Waals surface area contributed by atoms with Gasteiger partial charge in [0.25, 0.3) is 0 Å². The molecule has 0 unspecified atom stereocenters. The molecule has 4 aromatic carbocycles. The molecular weight excluding hydrogens is 428 g/mol. The Kier molecular flexibility index (Phi) is 2.59. The Morgan fingerprint density at radius 3 is 1.81 bits per heavy atom. The summed E-state index contributed by atoms with van der Waals surface area (Å²) in [6.45, 7) is 0. The van der Waals surface area contributed by atoms with Crippen LogP contribution in [0, 0.1) is 0 Å². The predicted octanol–water partition coefficient (Wildman–Crippen LogP) is 5.63. The molecule has 0 saturated carbocycles. The van der Waals surface area contributed by atoms with Crippen LogP contribution in [0.15, 0.2) is 72.5 Å². The van der Waals surface area contributed by atoms with Gasteiger partial charge >= 0.3 is 5.97 Å². The Hall–Kier alpha value is -3.57. The lowest BCUT2D eigenvalue weighted by atomic mass is 10.0. The fourth-order valence-electron chi connectivity index (χ4n) is 2.27. The van der Waals surface area contributed by atoms with Crippen LogP contribution < -0.4 is 9.47 Å². The molecule has 0 fully saturated rings. The van der Waals surface area contributed by atoms with Gasteiger partial charge < -0.3 is 14.6 Å². The largest absolute Gasteiger partial charge is 0.497 e. The summed E-state index contributed by atoms with van der Waals surface area (Å²) in [5.41, 5.74) is -1.85. The van der Waals surface area contributed by atoms with E-state index in [4.69, 9.17) is 41.8 Å². The summed E-state index contributed by atoms with van der Waals surface area (Å²) >= 11 is 5.27. The van der Waals surface area contributed by atoms with Crippen molar-refractivity contribution in [3.05, 3.63) is 83.6 Å². The molecule has 6 heteroatoms. The van der Waals surface area contributed by atoms with E-state index in [9.17, 15) is 14.7 Å². The molecular formula is C26H23ClO5. The lowest BCUT2D eigenvalue weighted by molar-refractivity contribution is -0.136. The average molecular weight is 473 g/mol. The van der Waals surface area contributed by atoms with E-state index in [1.54, 1.807) is 0 Å². The molecule has 32 heavy (non-hydrogen) atoms.